The van der Waals surface area contributed by atoms with Gasteiger partial charge in [0.25, 0.3) is 0 Å². The Balaban J connectivity index is 1.61. The minimum atomic E-state index is -0.504. The monoisotopic (exact) mass is 251 g/mol. The van der Waals surface area contributed by atoms with E-state index >= 15 is 0 Å². The molecule has 4 N–H and O–H groups in total. The van der Waals surface area contributed by atoms with E-state index in [2.05, 4.69) is 10.6 Å². The van der Waals surface area contributed by atoms with Crippen LogP contribution in [-0.4, -0.2) is 24.0 Å². The highest BCUT2D eigenvalue weighted by atomic mass is 16.2. The maximum absolute atomic E-state index is 11.8. The van der Waals surface area contributed by atoms with Crippen LogP contribution in [0.5, 0.6) is 0 Å². The summed E-state index contributed by atoms with van der Waals surface area (Å²) in [4.78, 5) is 22.4. The molecule has 100 valence electrons. The van der Waals surface area contributed by atoms with E-state index < -0.39 is 5.91 Å². The van der Waals surface area contributed by atoms with Crippen molar-refractivity contribution in [3.05, 3.63) is 0 Å². The van der Waals surface area contributed by atoms with Gasteiger partial charge in [-0.3, -0.25) is 4.79 Å². The standard InChI is InChI=1S/C13H21N3O2/c14-11(17)7-15-12(18)16-13-4-8-1-9(5-13)3-10(2-8)6-13/h8-10H,1-7H2,(H2,14,17)(H2,15,16,18). The van der Waals surface area contributed by atoms with E-state index in [1.807, 2.05) is 0 Å². The summed E-state index contributed by atoms with van der Waals surface area (Å²) in [5.41, 5.74) is 5.02. The maximum Gasteiger partial charge on any atom is 0.315 e. The largest absolute Gasteiger partial charge is 0.368 e. The van der Waals surface area contributed by atoms with E-state index in [0.29, 0.717) is 0 Å². The van der Waals surface area contributed by atoms with Gasteiger partial charge in [-0.25, -0.2) is 4.79 Å². The SMILES string of the molecule is NC(=O)CNC(=O)NC12CC3CC(CC(C3)C1)C2. The predicted molar refractivity (Wildman–Crippen MR) is 66.6 cm³/mol. The second-order valence-corrected chi connectivity index (χ2v) is 6.47. The molecule has 3 amide bonds. The molecule has 0 atom stereocenters. The quantitative estimate of drug-likeness (QED) is 0.691. The van der Waals surface area contributed by atoms with Gasteiger partial charge in [0, 0.05) is 5.54 Å². The second kappa shape index (κ2) is 4.14. The molecule has 4 bridgehead atoms. The number of rotatable bonds is 3. The number of urea groups is 1. The van der Waals surface area contributed by atoms with Gasteiger partial charge in [-0.2, -0.15) is 0 Å². The van der Waals surface area contributed by atoms with E-state index in [1.54, 1.807) is 0 Å². The summed E-state index contributed by atoms with van der Waals surface area (Å²) in [5, 5.41) is 5.65. The Morgan fingerprint density at radius 1 is 1.06 bits per heavy atom. The number of nitrogens with one attached hydrogen (secondary N) is 2. The molecule has 4 fully saturated rings. The average Bonchev–Trinajstić information content (AvgIpc) is 2.23. The molecule has 0 aromatic heterocycles. The topological polar surface area (TPSA) is 84.2 Å². The summed E-state index contributed by atoms with van der Waals surface area (Å²) >= 11 is 0. The van der Waals surface area contributed by atoms with Crippen LogP contribution in [0.4, 0.5) is 4.79 Å². The van der Waals surface area contributed by atoms with E-state index in [1.165, 1.54) is 19.3 Å². The summed E-state index contributed by atoms with van der Waals surface area (Å²) in [5.74, 6) is 1.89. The fourth-order valence-corrected chi connectivity index (χ4v) is 4.72. The lowest BCUT2D eigenvalue weighted by Gasteiger charge is -2.56. The lowest BCUT2D eigenvalue weighted by atomic mass is 9.53. The zero-order chi connectivity index (χ0) is 12.8. The second-order valence-electron chi connectivity index (χ2n) is 6.47. The van der Waals surface area contributed by atoms with E-state index in [-0.39, 0.29) is 18.1 Å². The molecule has 4 saturated carbocycles. The van der Waals surface area contributed by atoms with Crippen LogP contribution in [0, 0.1) is 17.8 Å². The molecule has 0 aliphatic heterocycles. The molecule has 0 aromatic rings. The molecule has 0 aromatic carbocycles. The smallest absolute Gasteiger partial charge is 0.315 e. The number of primary amides is 1. The van der Waals surface area contributed by atoms with Crippen LogP contribution in [0.15, 0.2) is 0 Å². The molecule has 5 heteroatoms. The highest BCUT2D eigenvalue weighted by molar-refractivity contribution is 5.83. The summed E-state index contributed by atoms with van der Waals surface area (Å²) in [7, 11) is 0. The third-order valence-corrected chi connectivity index (χ3v) is 4.84. The lowest BCUT2D eigenvalue weighted by molar-refractivity contribution is -0.117. The zero-order valence-electron chi connectivity index (χ0n) is 10.6. The Kier molecular flexibility index (Phi) is 2.72. The summed E-state index contributed by atoms with van der Waals surface area (Å²) in [6.45, 7) is -0.0851. The van der Waals surface area contributed by atoms with Gasteiger partial charge in [0.15, 0.2) is 0 Å². The van der Waals surface area contributed by atoms with Crippen LogP contribution < -0.4 is 16.4 Å². The third kappa shape index (κ3) is 2.18. The average molecular weight is 251 g/mol. The highest BCUT2D eigenvalue weighted by Gasteiger charge is 2.51. The molecule has 18 heavy (non-hydrogen) atoms. The van der Waals surface area contributed by atoms with Crippen LogP contribution in [0.3, 0.4) is 0 Å². The Hall–Kier alpha value is -1.26. The molecule has 5 nitrogen and oxygen atoms in total. The molecular formula is C13H21N3O2. The Labute approximate surface area is 107 Å². The Morgan fingerprint density at radius 3 is 2.00 bits per heavy atom. The van der Waals surface area contributed by atoms with E-state index in [9.17, 15) is 9.59 Å². The number of hydrogen-bond acceptors (Lipinski definition) is 2. The van der Waals surface area contributed by atoms with Crippen molar-refractivity contribution in [3.8, 4) is 0 Å². The molecule has 4 aliphatic carbocycles. The van der Waals surface area contributed by atoms with Crippen molar-refractivity contribution in [2.24, 2.45) is 23.5 Å². The first kappa shape index (κ1) is 11.8. The van der Waals surface area contributed by atoms with Gasteiger partial charge in [0.1, 0.15) is 0 Å². The number of amides is 3. The number of carbonyl (C=O) groups excluding carboxylic acids is 2. The van der Waals surface area contributed by atoms with Gasteiger partial charge in [-0.1, -0.05) is 0 Å². The van der Waals surface area contributed by atoms with Gasteiger partial charge < -0.3 is 16.4 Å². The molecule has 4 rings (SSSR count). The lowest BCUT2D eigenvalue weighted by Crippen LogP contribution is -2.61. The molecule has 0 spiro atoms. The predicted octanol–water partition coefficient (Wildman–Crippen LogP) is 0.740. The van der Waals surface area contributed by atoms with Gasteiger partial charge >= 0.3 is 6.03 Å². The van der Waals surface area contributed by atoms with Gasteiger partial charge in [0.05, 0.1) is 6.54 Å². The summed E-state index contributed by atoms with van der Waals surface area (Å²) in [6, 6.07) is -0.240. The van der Waals surface area contributed by atoms with Crippen molar-refractivity contribution >= 4 is 11.9 Å². The van der Waals surface area contributed by atoms with Gasteiger partial charge in [0.2, 0.25) is 5.91 Å². The minimum absolute atomic E-state index is 0.00349. The van der Waals surface area contributed by atoms with Crippen LogP contribution in [0.2, 0.25) is 0 Å². The molecule has 0 heterocycles. The van der Waals surface area contributed by atoms with Crippen LogP contribution in [0.25, 0.3) is 0 Å². The highest BCUT2D eigenvalue weighted by Crippen LogP contribution is 2.55. The molecule has 0 saturated heterocycles. The van der Waals surface area contributed by atoms with Crippen molar-refractivity contribution in [2.45, 2.75) is 44.1 Å². The van der Waals surface area contributed by atoms with Gasteiger partial charge in [-0.15, -0.1) is 0 Å². The zero-order valence-corrected chi connectivity index (χ0v) is 10.6. The first-order valence-corrected chi connectivity index (χ1v) is 6.89. The Morgan fingerprint density at radius 2 is 1.56 bits per heavy atom. The molecule has 4 aliphatic rings. The fraction of sp³-hybridized carbons (Fsp3) is 0.846. The number of hydrogen-bond donors (Lipinski definition) is 3. The van der Waals surface area contributed by atoms with Crippen LogP contribution >= 0.6 is 0 Å². The number of nitrogens with two attached hydrogens (primary N) is 1. The third-order valence-electron chi connectivity index (χ3n) is 4.84. The number of carbonyl (C=O) groups is 2. The first-order chi connectivity index (χ1) is 8.55. The van der Waals surface area contributed by atoms with Crippen LogP contribution in [-0.2, 0) is 4.79 Å². The molecule has 0 radical (unpaired) electrons. The van der Waals surface area contributed by atoms with Crippen LogP contribution in [0.1, 0.15) is 38.5 Å². The summed E-state index contributed by atoms with van der Waals surface area (Å²) < 4.78 is 0. The van der Waals surface area contributed by atoms with Crippen molar-refractivity contribution in [2.75, 3.05) is 6.54 Å². The van der Waals surface area contributed by atoms with Crippen molar-refractivity contribution in [3.63, 3.8) is 0 Å². The van der Waals surface area contributed by atoms with Crippen molar-refractivity contribution in [1.29, 1.82) is 0 Å². The fourth-order valence-electron chi connectivity index (χ4n) is 4.72. The van der Waals surface area contributed by atoms with E-state index in [0.717, 1.165) is 37.0 Å². The minimum Gasteiger partial charge on any atom is -0.368 e. The normalized spacial score (nSPS) is 40.6. The molecule has 0 unspecified atom stereocenters. The van der Waals surface area contributed by atoms with Crippen molar-refractivity contribution in [1.82, 2.24) is 10.6 Å². The molecular weight excluding hydrogens is 230 g/mol. The Bertz CT molecular complexity index is 345. The summed E-state index contributed by atoms with van der Waals surface area (Å²) in [6.07, 6.45) is 7.40. The van der Waals surface area contributed by atoms with E-state index in [4.69, 9.17) is 5.73 Å². The van der Waals surface area contributed by atoms with Crippen molar-refractivity contribution < 1.29 is 9.59 Å². The van der Waals surface area contributed by atoms with Gasteiger partial charge in [-0.05, 0) is 56.3 Å². The first-order valence-electron chi connectivity index (χ1n) is 6.89. The maximum atomic E-state index is 11.8.